The first-order chi connectivity index (χ1) is 10.5. The molecule has 0 aromatic carbocycles. The Labute approximate surface area is 130 Å². The monoisotopic (exact) mass is 304 g/mol. The Hall–Kier alpha value is -2.13. The van der Waals surface area contributed by atoms with Crippen LogP contribution in [0.1, 0.15) is 42.1 Å². The lowest BCUT2D eigenvalue weighted by molar-refractivity contribution is -0.121. The number of aryl methyl sites for hydroxylation is 1. The Morgan fingerprint density at radius 1 is 1.27 bits per heavy atom. The summed E-state index contributed by atoms with van der Waals surface area (Å²) in [7, 11) is 0. The smallest absolute Gasteiger partial charge is 0.266 e. The maximum absolute atomic E-state index is 11.8. The molecule has 0 saturated carbocycles. The standard InChI is InChI=1S/C16H24N4O2/c1-4-7-18-8-9-19-15(21)6-5-13-11(2)14(10-17)16(22)20-12(13)3/h18H,4-9H2,1-3H3,(H,19,21)(H,20,22). The molecular formula is C16H24N4O2. The van der Waals surface area contributed by atoms with Crippen LogP contribution in [0.15, 0.2) is 4.79 Å². The second-order valence-corrected chi connectivity index (χ2v) is 5.27. The number of rotatable bonds is 8. The van der Waals surface area contributed by atoms with E-state index in [2.05, 4.69) is 22.5 Å². The van der Waals surface area contributed by atoms with Crippen molar-refractivity contribution in [3.63, 3.8) is 0 Å². The van der Waals surface area contributed by atoms with E-state index in [0.717, 1.165) is 30.8 Å². The Kier molecular flexibility index (Phi) is 7.33. The predicted octanol–water partition coefficient (Wildman–Crippen LogP) is 0.912. The van der Waals surface area contributed by atoms with Gasteiger partial charge in [-0.1, -0.05) is 6.92 Å². The normalized spacial score (nSPS) is 10.3. The van der Waals surface area contributed by atoms with E-state index in [0.29, 0.717) is 24.9 Å². The molecular weight excluding hydrogens is 280 g/mol. The molecule has 3 N–H and O–H groups in total. The van der Waals surface area contributed by atoms with E-state index in [1.807, 2.05) is 6.07 Å². The molecule has 0 bridgehead atoms. The first kappa shape index (κ1) is 17.9. The lowest BCUT2D eigenvalue weighted by Gasteiger charge is -2.11. The molecule has 0 saturated heterocycles. The van der Waals surface area contributed by atoms with Crippen LogP contribution in [0.4, 0.5) is 0 Å². The number of aromatic amines is 1. The number of carbonyl (C=O) groups is 1. The van der Waals surface area contributed by atoms with Crippen molar-refractivity contribution in [3.8, 4) is 6.07 Å². The summed E-state index contributed by atoms with van der Waals surface area (Å²) < 4.78 is 0. The third-order valence-electron chi connectivity index (χ3n) is 3.57. The number of hydrogen-bond donors (Lipinski definition) is 3. The molecule has 0 fully saturated rings. The van der Waals surface area contributed by atoms with Crippen molar-refractivity contribution in [1.29, 1.82) is 5.26 Å². The first-order valence-corrected chi connectivity index (χ1v) is 7.61. The van der Waals surface area contributed by atoms with Crippen molar-refractivity contribution in [1.82, 2.24) is 15.6 Å². The highest BCUT2D eigenvalue weighted by molar-refractivity contribution is 5.76. The third-order valence-corrected chi connectivity index (χ3v) is 3.57. The molecule has 22 heavy (non-hydrogen) atoms. The minimum absolute atomic E-state index is 0.0261. The topological polar surface area (TPSA) is 97.8 Å². The Morgan fingerprint density at radius 3 is 2.64 bits per heavy atom. The molecule has 1 heterocycles. The Balaban J connectivity index is 2.56. The van der Waals surface area contributed by atoms with Crippen molar-refractivity contribution in [2.45, 2.75) is 40.0 Å². The molecule has 0 aliphatic carbocycles. The number of amides is 1. The highest BCUT2D eigenvalue weighted by atomic mass is 16.1. The van der Waals surface area contributed by atoms with Crippen LogP contribution in [0.5, 0.6) is 0 Å². The number of hydrogen-bond acceptors (Lipinski definition) is 4. The summed E-state index contributed by atoms with van der Waals surface area (Å²) in [5, 5.41) is 15.1. The molecule has 0 spiro atoms. The van der Waals surface area contributed by atoms with E-state index in [1.54, 1.807) is 13.8 Å². The fourth-order valence-corrected chi connectivity index (χ4v) is 2.34. The van der Waals surface area contributed by atoms with Crippen molar-refractivity contribution in [2.75, 3.05) is 19.6 Å². The van der Waals surface area contributed by atoms with E-state index in [1.165, 1.54) is 0 Å². The summed E-state index contributed by atoms with van der Waals surface area (Å²) in [5.41, 5.74) is 2.02. The van der Waals surface area contributed by atoms with E-state index < -0.39 is 0 Å². The van der Waals surface area contributed by atoms with Crippen LogP contribution < -0.4 is 16.2 Å². The number of carbonyl (C=O) groups excluding carboxylic acids is 1. The molecule has 0 atom stereocenters. The van der Waals surface area contributed by atoms with Gasteiger partial charge in [-0.25, -0.2) is 0 Å². The van der Waals surface area contributed by atoms with Crippen LogP contribution in [-0.4, -0.2) is 30.5 Å². The van der Waals surface area contributed by atoms with Crippen LogP contribution in [0.2, 0.25) is 0 Å². The van der Waals surface area contributed by atoms with Gasteiger partial charge < -0.3 is 15.6 Å². The van der Waals surface area contributed by atoms with Crippen LogP contribution >= 0.6 is 0 Å². The molecule has 6 heteroatoms. The zero-order chi connectivity index (χ0) is 16.5. The van der Waals surface area contributed by atoms with Gasteiger partial charge in [0.25, 0.3) is 5.56 Å². The molecule has 0 aliphatic heterocycles. The third kappa shape index (κ3) is 5.01. The lowest BCUT2D eigenvalue weighted by Crippen LogP contribution is -2.32. The zero-order valence-corrected chi connectivity index (χ0v) is 13.5. The van der Waals surface area contributed by atoms with E-state index in [9.17, 15) is 9.59 Å². The Bertz CT molecular complexity index is 614. The quantitative estimate of drug-likeness (QED) is 0.622. The summed E-state index contributed by atoms with van der Waals surface area (Å²) >= 11 is 0. The molecule has 1 amide bonds. The van der Waals surface area contributed by atoms with Crippen molar-refractivity contribution >= 4 is 5.91 Å². The van der Waals surface area contributed by atoms with Gasteiger partial charge in [0, 0.05) is 25.2 Å². The molecule has 0 unspecified atom stereocenters. The fourth-order valence-electron chi connectivity index (χ4n) is 2.34. The fraction of sp³-hybridized carbons (Fsp3) is 0.562. The lowest BCUT2D eigenvalue weighted by atomic mass is 9.99. The van der Waals surface area contributed by atoms with Crippen molar-refractivity contribution in [3.05, 3.63) is 32.7 Å². The van der Waals surface area contributed by atoms with Gasteiger partial charge in [-0.05, 0) is 44.4 Å². The van der Waals surface area contributed by atoms with Gasteiger partial charge in [0.15, 0.2) is 0 Å². The molecule has 120 valence electrons. The predicted molar refractivity (Wildman–Crippen MR) is 85.7 cm³/mol. The van der Waals surface area contributed by atoms with Crippen LogP contribution in [0.3, 0.4) is 0 Å². The molecule has 6 nitrogen and oxygen atoms in total. The molecule has 0 radical (unpaired) electrons. The van der Waals surface area contributed by atoms with Crippen LogP contribution in [0, 0.1) is 25.2 Å². The molecule has 1 aromatic rings. The summed E-state index contributed by atoms with van der Waals surface area (Å²) in [5.74, 6) is -0.0261. The number of nitrogens with one attached hydrogen (secondary N) is 3. The second-order valence-electron chi connectivity index (χ2n) is 5.27. The van der Waals surface area contributed by atoms with E-state index >= 15 is 0 Å². The number of aromatic nitrogens is 1. The van der Waals surface area contributed by atoms with Crippen LogP contribution in [-0.2, 0) is 11.2 Å². The maximum atomic E-state index is 11.8. The highest BCUT2D eigenvalue weighted by Crippen LogP contribution is 2.14. The van der Waals surface area contributed by atoms with E-state index in [-0.39, 0.29) is 17.0 Å². The number of nitriles is 1. The van der Waals surface area contributed by atoms with Gasteiger partial charge in [0.05, 0.1) is 0 Å². The minimum atomic E-state index is -0.368. The van der Waals surface area contributed by atoms with Crippen LogP contribution in [0.25, 0.3) is 0 Å². The number of nitrogens with zero attached hydrogens (tertiary/aromatic N) is 1. The SMILES string of the molecule is CCCNCCNC(=O)CCc1c(C)[nH]c(=O)c(C#N)c1C. The summed E-state index contributed by atoms with van der Waals surface area (Å²) in [6.07, 6.45) is 1.92. The average molecular weight is 304 g/mol. The highest BCUT2D eigenvalue weighted by Gasteiger charge is 2.13. The molecule has 0 aliphatic rings. The maximum Gasteiger partial charge on any atom is 0.266 e. The summed E-state index contributed by atoms with van der Waals surface area (Å²) in [6.45, 7) is 7.94. The van der Waals surface area contributed by atoms with Gasteiger partial charge in [-0.3, -0.25) is 9.59 Å². The molecule has 1 aromatic heterocycles. The van der Waals surface area contributed by atoms with Gasteiger partial charge in [0.1, 0.15) is 11.6 Å². The summed E-state index contributed by atoms with van der Waals surface area (Å²) in [6, 6.07) is 1.92. The summed E-state index contributed by atoms with van der Waals surface area (Å²) in [4.78, 5) is 26.1. The van der Waals surface area contributed by atoms with E-state index in [4.69, 9.17) is 5.26 Å². The first-order valence-electron chi connectivity index (χ1n) is 7.61. The molecule has 1 rings (SSSR count). The largest absolute Gasteiger partial charge is 0.355 e. The van der Waals surface area contributed by atoms with Gasteiger partial charge in [0.2, 0.25) is 5.91 Å². The number of pyridine rings is 1. The van der Waals surface area contributed by atoms with Crippen molar-refractivity contribution < 1.29 is 4.79 Å². The average Bonchev–Trinajstić information content (AvgIpc) is 2.46. The van der Waals surface area contributed by atoms with Gasteiger partial charge >= 0.3 is 0 Å². The van der Waals surface area contributed by atoms with Gasteiger partial charge in [-0.15, -0.1) is 0 Å². The second kappa shape index (κ2) is 9.00. The van der Waals surface area contributed by atoms with Crippen molar-refractivity contribution in [2.24, 2.45) is 0 Å². The number of H-pyrrole nitrogens is 1. The zero-order valence-electron chi connectivity index (χ0n) is 13.5. The Morgan fingerprint density at radius 2 is 2.00 bits per heavy atom. The van der Waals surface area contributed by atoms with Gasteiger partial charge in [-0.2, -0.15) is 5.26 Å². The minimum Gasteiger partial charge on any atom is -0.355 e.